The highest BCUT2D eigenvalue weighted by molar-refractivity contribution is 4.86. The first-order valence-corrected chi connectivity index (χ1v) is 5.97. The SMILES string of the molecule is CC(C)N(CCC#N)C1CCCCC1O. The van der Waals surface area contributed by atoms with E-state index in [1.54, 1.807) is 0 Å². The van der Waals surface area contributed by atoms with Gasteiger partial charge in [-0.05, 0) is 26.7 Å². The lowest BCUT2D eigenvalue weighted by Crippen LogP contribution is -2.49. The Balaban J connectivity index is 2.57. The molecule has 2 atom stereocenters. The van der Waals surface area contributed by atoms with Crippen molar-refractivity contribution in [2.24, 2.45) is 0 Å². The van der Waals surface area contributed by atoms with Crippen molar-refractivity contribution in [2.75, 3.05) is 6.54 Å². The van der Waals surface area contributed by atoms with Gasteiger partial charge in [0.05, 0.1) is 12.2 Å². The molecule has 1 aliphatic rings. The molecule has 1 aliphatic carbocycles. The average Bonchev–Trinajstić information content (AvgIpc) is 2.20. The van der Waals surface area contributed by atoms with E-state index in [9.17, 15) is 5.11 Å². The molecule has 86 valence electrons. The van der Waals surface area contributed by atoms with Crippen molar-refractivity contribution >= 4 is 0 Å². The predicted molar refractivity (Wildman–Crippen MR) is 60.3 cm³/mol. The van der Waals surface area contributed by atoms with Crippen LogP contribution in [0, 0.1) is 11.3 Å². The van der Waals surface area contributed by atoms with Crippen LogP contribution in [-0.2, 0) is 0 Å². The minimum Gasteiger partial charge on any atom is -0.391 e. The zero-order valence-corrected chi connectivity index (χ0v) is 9.82. The molecule has 1 fully saturated rings. The quantitative estimate of drug-likeness (QED) is 0.771. The first-order valence-electron chi connectivity index (χ1n) is 5.97. The zero-order valence-electron chi connectivity index (χ0n) is 9.82. The summed E-state index contributed by atoms with van der Waals surface area (Å²) in [5.74, 6) is 0. The third kappa shape index (κ3) is 3.48. The van der Waals surface area contributed by atoms with Crippen molar-refractivity contribution in [3.8, 4) is 6.07 Å². The summed E-state index contributed by atoms with van der Waals surface area (Å²) in [4.78, 5) is 2.28. The third-order valence-corrected chi connectivity index (χ3v) is 3.27. The first kappa shape index (κ1) is 12.5. The van der Waals surface area contributed by atoms with Crippen LogP contribution in [0.4, 0.5) is 0 Å². The van der Waals surface area contributed by atoms with Gasteiger partial charge in [0.15, 0.2) is 0 Å². The molecule has 0 aliphatic heterocycles. The number of aliphatic hydroxyl groups excluding tert-OH is 1. The van der Waals surface area contributed by atoms with Crippen molar-refractivity contribution in [1.82, 2.24) is 4.90 Å². The molecule has 3 heteroatoms. The van der Waals surface area contributed by atoms with Gasteiger partial charge in [-0.15, -0.1) is 0 Å². The van der Waals surface area contributed by atoms with Crippen LogP contribution in [0.3, 0.4) is 0 Å². The lowest BCUT2D eigenvalue weighted by molar-refractivity contribution is 0.00602. The molecule has 0 spiro atoms. The topological polar surface area (TPSA) is 47.3 Å². The molecule has 0 radical (unpaired) electrons. The Morgan fingerprint density at radius 1 is 1.40 bits per heavy atom. The molecule has 0 aromatic rings. The zero-order chi connectivity index (χ0) is 11.3. The second kappa shape index (κ2) is 6.09. The summed E-state index contributed by atoms with van der Waals surface area (Å²) in [5.41, 5.74) is 0. The van der Waals surface area contributed by atoms with E-state index in [1.807, 2.05) is 0 Å². The monoisotopic (exact) mass is 210 g/mol. The molecule has 3 nitrogen and oxygen atoms in total. The molecule has 1 rings (SSSR count). The highest BCUT2D eigenvalue weighted by Crippen LogP contribution is 2.24. The number of hydrogen-bond acceptors (Lipinski definition) is 3. The van der Waals surface area contributed by atoms with Crippen molar-refractivity contribution in [2.45, 2.75) is 64.1 Å². The molecule has 0 amide bonds. The molecule has 15 heavy (non-hydrogen) atoms. The number of nitrogens with zero attached hydrogens (tertiary/aromatic N) is 2. The number of rotatable bonds is 4. The van der Waals surface area contributed by atoms with Crippen LogP contribution in [0.2, 0.25) is 0 Å². The highest BCUT2D eigenvalue weighted by atomic mass is 16.3. The van der Waals surface area contributed by atoms with Crippen molar-refractivity contribution in [3.63, 3.8) is 0 Å². The van der Waals surface area contributed by atoms with E-state index in [-0.39, 0.29) is 12.1 Å². The molecular weight excluding hydrogens is 188 g/mol. The van der Waals surface area contributed by atoms with Crippen LogP contribution in [0.5, 0.6) is 0 Å². The van der Waals surface area contributed by atoms with E-state index < -0.39 is 0 Å². The summed E-state index contributed by atoms with van der Waals surface area (Å²) in [7, 11) is 0. The highest BCUT2D eigenvalue weighted by Gasteiger charge is 2.29. The number of nitriles is 1. The smallest absolute Gasteiger partial charge is 0.0695 e. The maximum atomic E-state index is 9.96. The van der Waals surface area contributed by atoms with Crippen LogP contribution in [0.1, 0.15) is 46.0 Å². The number of aliphatic hydroxyl groups is 1. The largest absolute Gasteiger partial charge is 0.391 e. The Kier molecular flexibility index (Phi) is 5.07. The maximum Gasteiger partial charge on any atom is 0.0695 e. The fourth-order valence-corrected chi connectivity index (χ4v) is 2.46. The summed E-state index contributed by atoms with van der Waals surface area (Å²) >= 11 is 0. The standard InChI is InChI=1S/C12H22N2O/c1-10(2)14(9-5-8-13)11-6-3-4-7-12(11)15/h10-12,15H,3-7,9H2,1-2H3. The Bertz CT molecular complexity index is 222. The van der Waals surface area contributed by atoms with Crippen molar-refractivity contribution in [1.29, 1.82) is 5.26 Å². The van der Waals surface area contributed by atoms with Gasteiger partial charge in [-0.25, -0.2) is 0 Å². The molecule has 1 N–H and O–H groups in total. The average molecular weight is 210 g/mol. The van der Waals surface area contributed by atoms with Gasteiger partial charge in [-0.3, -0.25) is 4.90 Å². The second-order valence-corrected chi connectivity index (χ2v) is 4.66. The summed E-state index contributed by atoms with van der Waals surface area (Å²) in [6.45, 7) is 5.06. The molecule has 2 unspecified atom stereocenters. The van der Waals surface area contributed by atoms with E-state index in [2.05, 4.69) is 24.8 Å². The molecule has 0 bridgehead atoms. The van der Waals surface area contributed by atoms with Crippen molar-refractivity contribution in [3.05, 3.63) is 0 Å². The van der Waals surface area contributed by atoms with Gasteiger partial charge < -0.3 is 5.11 Å². The van der Waals surface area contributed by atoms with E-state index >= 15 is 0 Å². The lowest BCUT2D eigenvalue weighted by Gasteiger charge is -2.39. The molecule has 1 saturated carbocycles. The van der Waals surface area contributed by atoms with Crippen LogP contribution >= 0.6 is 0 Å². The fourth-order valence-electron chi connectivity index (χ4n) is 2.46. The Morgan fingerprint density at radius 3 is 2.60 bits per heavy atom. The molecule has 0 aromatic carbocycles. The summed E-state index contributed by atoms with van der Waals surface area (Å²) < 4.78 is 0. The van der Waals surface area contributed by atoms with Crippen LogP contribution in [-0.4, -0.2) is 34.7 Å². The van der Waals surface area contributed by atoms with Gasteiger partial charge >= 0.3 is 0 Å². The van der Waals surface area contributed by atoms with Gasteiger partial charge in [0.2, 0.25) is 0 Å². The fraction of sp³-hybridized carbons (Fsp3) is 0.917. The van der Waals surface area contributed by atoms with E-state index in [4.69, 9.17) is 5.26 Å². The lowest BCUT2D eigenvalue weighted by atomic mass is 9.90. The van der Waals surface area contributed by atoms with E-state index in [0.29, 0.717) is 12.5 Å². The third-order valence-electron chi connectivity index (χ3n) is 3.27. The van der Waals surface area contributed by atoms with Crippen LogP contribution in [0.15, 0.2) is 0 Å². The Morgan fingerprint density at radius 2 is 2.07 bits per heavy atom. The summed E-state index contributed by atoms with van der Waals surface area (Å²) in [5, 5.41) is 18.6. The van der Waals surface area contributed by atoms with Crippen LogP contribution < -0.4 is 0 Å². The van der Waals surface area contributed by atoms with Crippen LogP contribution in [0.25, 0.3) is 0 Å². The minimum atomic E-state index is -0.195. The Labute approximate surface area is 92.7 Å². The second-order valence-electron chi connectivity index (χ2n) is 4.66. The molecule has 0 saturated heterocycles. The normalized spacial score (nSPS) is 26.9. The van der Waals surface area contributed by atoms with E-state index in [1.165, 1.54) is 6.42 Å². The first-order chi connectivity index (χ1) is 7.16. The Hall–Kier alpha value is -0.590. The summed E-state index contributed by atoms with van der Waals surface area (Å²) in [6, 6.07) is 2.87. The van der Waals surface area contributed by atoms with Gasteiger partial charge in [0, 0.05) is 25.0 Å². The minimum absolute atomic E-state index is 0.195. The van der Waals surface area contributed by atoms with Gasteiger partial charge in [0.1, 0.15) is 0 Å². The molecular formula is C12H22N2O. The molecule has 0 aromatic heterocycles. The maximum absolute atomic E-state index is 9.96. The van der Waals surface area contributed by atoms with Gasteiger partial charge in [0.25, 0.3) is 0 Å². The summed E-state index contributed by atoms with van der Waals surface area (Å²) in [6.07, 6.45) is 4.70. The van der Waals surface area contributed by atoms with E-state index in [0.717, 1.165) is 25.8 Å². The number of hydrogen-bond donors (Lipinski definition) is 1. The van der Waals surface area contributed by atoms with Crippen molar-refractivity contribution < 1.29 is 5.11 Å². The van der Waals surface area contributed by atoms with Gasteiger partial charge in [-0.1, -0.05) is 12.8 Å². The molecule has 0 heterocycles. The predicted octanol–water partition coefficient (Wildman–Crippen LogP) is 1.91. The van der Waals surface area contributed by atoms with Gasteiger partial charge in [-0.2, -0.15) is 5.26 Å².